The predicted octanol–water partition coefficient (Wildman–Crippen LogP) is 13.9. The van der Waals surface area contributed by atoms with Crippen molar-refractivity contribution in [3.05, 3.63) is 206 Å². The first-order chi connectivity index (χ1) is 24.7. The first-order valence-corrected chi connectivity index (χ1v) is 16.9. The third-order valence-electron chi connectivity index (χ3n) is 9.35. The van der Waals surface area contributed by atoms with Gasteiger partial charge in [-0.2, -0.15) is 0 Å². The molecule has 0 aliphatic heterocycles. The fraction of sp³-hybridized carbons (Fsp3) is 0. The van der Waals surface area contributed by atoms with Gasteiger partial charge in [0.2, 0.25) is 0 Å². The van der Waals surface area contributed by atoms with Crippen molar-refractivity contribution in [2.24, 2.45) is 0 Å². The van der Waals surface area contributed by atoms with E-state index in [9.17, 15) is 0 Å². The maximum Gasteiger partial charge on any atom is 0.0540 e. The molecule has 0 saturated carbocycles. The Bertz CT molecular complexity index is 2450. The Hall–Kier alpha value is -6.64. The molecule has 0 N–H and O–H groups in total. The van der Waals surface area contributed by atoms with Crippen LogP contribution in [-0.2, 0) is 0 Å². The lowest BCUT2D eigenvalue weighted by molar-refractivity contribution is 1.29. The number of fused-ring (bicyclic) bond motifs is 2. The Labute approximate surface area is 294 Å². The highest BCUT2D eigenvalue weighted by molar-refractivity contribution is 6.00. The molecule has 0 heterocycles. The van der Waals surface area contributed by atoms with E-state index in [0.29, 0.717) is 0 Å². The molecule has 0 aliphatic rings. The van der Waals surface area contributed by atoms with E-state index in [0.717, 1.165) is 56.4 Å². The summed E-state index contributed by atoms with van der Waals surface area (Å²) in [5.74, 6) is 0. The molecule has 8 aromatic carbocycles. The molecule has 0 aromatic heterocycles. The second-order valence-corrected chi connectivity index (χ2v) is 12.4. The molecule has 8 rings (SSSR count). The van der Waals surface area contributed by atoms with Crippen LogP contribution in [0.15, 0.2) is 195 Å². The van der Waals surface area contributed by atoms with Gasteiger partial charge in [0, 0.05) is 33.5 Å². The Morgan fingerprint density at radius 2 is 0.760 bits per heavy atom. The number of rotatable bonds is 9. The van der Waals surface area contributed by atoms with Crippen molar-refractivity contribution in [2.45, 2.75) is 0 Å². The summed E-state index contributed by atoms with van der Waals surface area (Å²) in [6, 6.07) is 65.0. The monoisotopic (exact) mass is 640 g/mol. The van der Waals surface area contributed by atoms with Crippen molar-refractivity contribution >= 4 is 67.8 Å². The van der Waals surface area contributed by atoms with Gasteiger partial charge in [0.1, 0.15) is 0 Å². The molecule has 0 saturated heterocycles. The summed E-state index contributed by atoms with van der Waals surface area (Å²) in [6.07, 6.45) is 3.78. The van der Waals surface area contributed by atoms with Crippen LogP contribution in [0.5, 0.6) is 0 Å². The Morgan fingerprint density at radius 3 is 1.26 bits per heavy atom. The van der Waals surface area contributed by atoms with E-state index >= 15 is 0 Å². The van der Waals surface area contributed by atoms with E-state index in [-0.39, 0.29) is 0 Å². The van der Waals surface area contributed by atoms with Gasteiger partial charge in [-0.1, -0.05) is 147 Å². The number of nitrogens with zero attached hydrogens (tertiary/aromatic N) is 2. The third kappa shape index (κ3) is 5.85. The van der Waals surface area contributed by atoms with Crippen LogP contribution in [0.1, 0.15) is 11.1 Å². The zero-order valence-corrected chi connectivity index (χ0v) is 27.8. The highest BCUT2D eigenvalue weighted by Gasteiger charge is 2.17. The summed E-state index contributed by atoms with van der Waals surface area (Å²) in [6.45, 7) is 7.96. The van der Waals surface area contributed by atoms with Crippen LogP contribution in [0.2, 0.25) is 0 Å². The van der Waals surface area contributed by atoms with Crippen LogP contribution < -0.4 is 9.80 Å². The van der Waals surface area contributed by atoms with Crippen LogP contribution in [0.4, 0.5) is 34.1 Å². The summed E-state index contributed by atoms with van der Waals surface area (Å²) < 4.78 is 0. The second-order valence-electron chi connectivity index (χ2n) is 12.4. The second kappa shape index (κ2) is 13.5. The third-order valence-corrected chi connectivity index (χ3v) is 9.35. The number of anilines is 6. The molecule has 238 valence electrons. The predicted molar refractivity (Wildman–Crippen MR) is 216 cm³/mol. The molecule has 0 amide bonds. The Morgan fingerprint density at radius 1 is 0.340 bits per heavy atom. The van der Waals surface area contributed by atoms with Crippen molar-refractivity contribution in [3.63, 3.8) is 0 Å². The van der Waals surface area contributed by atoms with Gasteiger partial charge >= 0.3 is 0 Å². The topological polar surface area (TPSA) is 6.48 Å². The first-order valence-electron chi connectivity index (χ1n) is 16.9. The molecule has 0 aliphatic carbocycles. The van der Waals surface area contributed by atoms with Crippen molar-refractivity contribution in [2.75, 3.05) is 9.80 Å². The van der Waals surface area contributed by atoms with Gasteiger partial charge in [-0.25, -0.2) is 0 Å². The fourth-order valence-electron chi connectivity index (χ4n) is 6.82. The van der Waals surface area contributed by atoms with Gasteiger partial charge in [-0.15, -0.1) is 0 Å². The Kier molecular flexibility index (Phi) is 8.26. The minimum absolute atomic E-state index is 1.08. The summed E-state index contributed by atoms with van der Waals surface area (Å²) in [7, 11) is 0. The lowest BCUT2D eigenvalue weighted by atomic mass is 10.0. The van der Waals surface area contributed by atoms with Crippen molar-refractivity contribution in [1.82, 2.24) is 0 Å². The maximum atomic E-state index is 4.02. The van der Waals surface area contributed by atoms with Crippen LogP contribution in [0.3, 0.4) is 0 Å². The fourth-order valence-corrected chi connectivity index (χ4v) is 6.82. The Balaban J connectivity index is 1.17. The quantitative estimate of drug-likeness (QED) is 0.155. The molecule has 0 fully saturated rings. The van der Waals surface area contributed by atoms with Crippen LogP contribution in [0.25, 0.3) is 44.8 Å². The number of hydrogen-bond donors (Lipinski definition) is 0. The van der Waals surface area contributed by atoms with Crippen molar-refractivity contribution in [3.8, 4) is 11.1 Å². The van der Waals surface area contributed by atoms with Gasteiger partial charge < -0.3 is 9.80 Å². The normalized spacial score (nSPS) is 11.0. The molecule has 0 unspecified atom stereocenters. The zero-order chi connectivity index (χ0) is 33.9. The van der Waals surface area contributed by atoms with E-state index < -0.39 is 0 Å². The lowest BCUT2D eigenvalue weighted by Crippen LogP contribution is -2.10. The average molecular weight is 641 g/mol. The van der Waals surface area contributed by atoms with Gasteiger partial charge in [0.25, 0.3) is 0 Å². The maximum absolute atomic E-state index is 4.02. The van der Waals surface area contributed by atoms with Gasteiger partial charge in [0.05, 0.1) is 11.4 Å². The van der Waals surface area contributed by atoms with E-state index in [2.05, 4.69) is 205 Å². The minimum atomic E-state index is 1.08. The average Bonchev–Trinajstić information content (AvgIpc) is 3.19. The minimum Gasteiger partial charge on any atom is -0.310 e. The van der Waals surface area contributed by atoms with E-state index in [1.165, 1.54) is 21.5 Å². The van der Waals surface area contributed by atoms with Gasteiger partial charge in [-0.3, -0.25) is 0 Å². The molecule has 0 radical (unpaired) electrons. The SMILES string of the molecule is C=Cc1ccc(N(c2ccc(-c3ccc(N(c4cccc(C=C)c4)c4cccc5ccccc45)cc3)cc2)c2cccc3ccccc23)cc1. The number of hydrogen-bond acceptors (Lipinski definition) is 2. The zero-order valence-electron chi connectivity index (χ0n) is 27.8. The molecule has 0 atom stereocenters. The highest BCUT2D eigenvalue weighted by atomic mass is 15.1. The van der Waals surface area contributed by atoms with Crippen LogP contribution in [-0.4, -0.2) is 0 Å². The molecule has 50 heavy (non-hydrogen) atoms. The smallest absolute Gasteiger partial charge is 0.0540 e. The standard InChI is InChI=1S/C48H36N2/c1-3-35-22-28-41(29-23-35)49(47-20-10-15-39-13-5-7-18-45(39)47)42-30-24-37(25-31-42)38-26-32-43(33-27-38)50(44-17-9-12-36(4-2)34-44)48-21-11-16-40-14-6-8-19-46(40)48/h3-34H,1-2H2. The summed E-state index contributed by atoms with van der Waals surface area (Å²) in [4.78, 5) is 4.67. The molecule has 2 nitrogen and oxygen atoms in total. The largest absolute Gasteiger partial charge is 0.310 e. The van der Waals surface area contributed by atoms with E-state index in [1.54, 1.807) is 0 Å². The molecule has 2 heteroatoms. The van der Waals surface area contributed by atoms with E-state index in [1.807, 2.05) is 12.2 Å². The molecule has 0 spiro atoms. The lowest BCUT2D eigenvalue weighted by Gasteiger charge is -2.28. The number of benzene rings is 8. The van der Waals surface area contributed by atoms with E-state index in [4.69, 9.17) is 0 Å². The summed E-state index contributed by atoms with van der Waals surface area (Å²) >= 11 is 0. The summed E-state index contributed by atoms with van der Waals surface area (Å²) in [5.41, 5.74) is 11.1. The first kappa shape index (κ1) is 30.7. The summed E-state index contributed by atoms with van der Waals surface area (Å²) in [5, 5.41) is 4.83. The van der Waals surface area contributed by atoms with Crippen LogP contribution >= 0.6 is 0 Å². The van der Waals surface area contributed by atoms with Crippen LogP contribution in [0, 0.1) is 0 Å². The molecule has 0 bridgehead atoms. The van der Waals surface area contributed by atoms with Gasteiger partial charge in [-0.05, 0) is 93.7 Å². The highest BCUT2D eigenvalue weighted by Crippen LogP contribution is 2.42. The molecular formula is C48H36N2. The molecular weight excluding hydrogens is 605 g/mol. The molecule has 8 aromatic rings. The van der Waals surface area contributed by atoms with Crippen molar-refractivity contribution < 1.29 is 0 Å². The van der Waals surface area contributed by atoms with Gasteiger partial charge in [0.15, 0.2) is 0 Å². The van der Waals surface area contributed by atoms with Crippen molar-refractivity contribution in [1.29, 1.82) is 0 Å².